The summed E-state index contributed by atoms with van der Waals surface area (Å²) in [6.07, 6.45) is 2.64. The highest BCUT2D eigenvalue weighted by Gasteiger charge is 2.05. The second-order valence-corrected chi connectivity index (χ2v) is 5.68. The van der Waals surface area contributed by atoms with Crippen molar-refractivity contribution in [2.75, 3.05) is 19.6 Å². The number of ether oxygens (including phenoxy) is 1. The monoisotopic (exact) mass is 472 g/mol. The first-order chi connectivity index (χ1) is 12.2. The van der Waals surface area contributed by atoms with Crippen molar-refractivity contribution in [3.05, 3.63) is 42.5 Å². The van der Waals surface area contributed by atoms with E-state index in [0.717, 1.165) is 43.6 Å². The third-order valence-corrected chi connectivity index (χ3v) is 3.59. The van der Waals surface area contributed by atoms with Gasteiger partial charge in [0.2, 0.25) is 0 Å². The Bertz CT molecular complexity index is 646. The van der Waals surface area contributed by atoms with Gasteiger partial charge in [0.05, 0.1) is 6.54 Å². The van der Waals surface area contributed by atoms with Crippen molar-refractivity contribution in [3.63, 3.8) is 0 Å². The number of aromatic nitrogens is 3. The topological polar surface area (TPSA) is 76.4 Å². The Labute approximate surface area is 172 Å². The van der Waals surface area contributed by atoms with Crippen LogP contribution in [0.5, 0.6) is 5.75 Å². The van der Waals surface area contributed by atoms with Crippen LogP contribution in [-0.4, -0.2) is 46.5 Å². The number of hydrogen-bond donors (Lipinski definition) is 2. The zero-order chi connectivity index (χ0) is 17.9. The third-order valence-electron chi connectivity index (χ3n) is 3.59. The molecule has 2 aromatic rings. The first-order valence-electron chi connectivity index (χ1n) is 8.83. The molecule has 1 aromatic heterocycles. The van der Waals surface area contributed by atoms with Gasteiger partial charge >= 0.3 is 0 Å². The summed E-state index contributed by atoms with van der Waals surface area (Å²) in [6.45, 7) is 9.10. The highest BCUT2D eigenvalue weighted by atomic mass is 127. The van der Waals surface area contributed by atoms with E-state index in [1.165, 1.54) is 0 Å². The molecule has 7 nitrogen and oxygen atoms in total. The van der Waals surface area contributed by atoms with Crippen LogP contribution in [0.3, 0.4) is 0 Å². The first-order valence-corrected chi connectivity index (χ1v) is 8.83. The maximum Gasteiger partial charge on any atom is 0.191 e. The van der Waals surface area contributed by atoms with Crippen molar-refractivity contribution in [3.8, 4) is 5.75 Å². The number of guanidine groups is 1. The molecule has 0 aliphatic carbocycles. The molecule has 0 amide bonds. The van der Waals surface area contributed by atoms with E-state index in [0.29, 0.717) is 6.54 Å². The molecule has 0 spiro atoms. The van der Waals surface area contributed by atoms with E-state index >= 15 is 0 Å². The molecule has 0 saturated carbocycles. The number of hydrogen-bond acceptors (Lipinski definition) is 4. The minimum atomic E-state index is 0. The lowest BCUT2D eigenvalue weighted by Gasteiger charge is -2.15. The van der Waals surface area contributed by atoms with Crippen molar-refractivity contribution in [2.45, 2.75) is 39.8 Å². The predicted molar refractivity (Wildman–Crippen MR) is 115 cm³/mol. The summed E-state index contributed by atoms with van der Waals surface area (Å²) in [7, 11) is 0. The average molecular weight is 472 g/mol. The molecule has 1 unspecified atom stereocenters. The Morgan fingerprint density at radius 1 is 1.23 bits per heavy atom. The molecule has 0 radical (unpaired) electrons. The first kappa shape index (κ1) is 22.2. The average Bonchev–Trinajstić information content (AvgIpc) is 3.08. The van der Waals surface area contributed by atoms with Crippen molar-refractivity contribution in [1.82, 2.24) is 25.4 Å². The summed E-state index contributed by atoms with van der Waals surface area (Å²) in [5.41, 5.74) is 0. The molecule has 0 bridgehead atoms. The van der Waals surface area contributed by atoms with Crippen molar-refractivity contribution < 1.29 is 4.74 Å². The maximum atomic E-state index is 5.85. The van der Waals surface area contributed by atoms with Crippen LogP contribution in [0.2, 0.25) is 0 Å². The van der Waals surface area contributed by atoms with E-state index in [2.05, 4.69) is 44.2 Å². The zero-order valence-electron chi connectivity index (χ0n) is 15.7. The van der Waals surface area contributed by atoms with Crippen LogP contribution in [-0.2, 0) is 13.0 Å². The summed E-state index contributed by atoms with van der Waals surface area (Å²) < 4.78 is 7.91. The number of aliphatic imine (C=N–C) groups is 1. The largest absolute Gasteiger partial charge is 0.489 e. The molecule has 2 N–H and O–H groups in total. The molecule has 0 aliphatic heterocycles. The van der Waals surface area contributed by atoms with Gasteiger partial charge in [0.25, 0.3) is 0 Å². The van der Waals surface area contributed by atoms with E-state index in [1.54, 1.807) is 6.33 Å². The molecule has 0 saturated heterocycles. The molecular weight excluding hydrogens is 443 g/mol. The summed E-state index contributed by atoms with van der Waals surface area (Å²) in [5, 5.41) is 14.6. The molecule has 26 heavy (non-hydrogen) atoms. The lowest BCUT2D eigenvalue weighted by molar-refractivity contribution is 0.230. The minimum Gasteiger partial charge on any atom is -0.489 e. The Balaban J connectivity index is 0.00000338. The molecule has 1 atom stereocenters. The molecule has 1 heterocycles. The van der Waals surface area contributed by atoms with Gasteiger partial charge in [-0.3, -0.25) is 0 Å². The van der Waals surface area contributed by atoms with Gasteiger partial charge in [-0.15, -0.1) is 34.2 Å². The third kappa shape index (κ3) is 7.59. The Hall–Kier alpha value is -1.84. The molecule has 1 aromatic carbocycles. The second-order valence-electron chi connectivity index (χ2n) is 5.68. The van der Waals surface area contributed by atoms with Gasteiger partial charge in [-0.05, 0) is 26.0 Å². The van der Waals surface area contributed by atoms with Gasteiger partial charge < -0.3 is 19.9 Å². The molecular formula is C18H29IN6O. The van der Waals surface area contributed by atoms with Gasteiger partial charge in [-0.25, -0.2) is 4.99 Å². The maximum absolute atomic E-state index is 5.85. The van der Waals surface area contributed by atoms with Crippen molar-refractivity contribution in [1.29, 1.82) is 0 Å². The van der Waals surface area contributed by atoms with E-state index in [9.17, 15) is 0 Å². The van der Waals surface area contributed by atoms with Crippen LogP contribution < -0.4 is 15.4 Å². The van der Waals surface area contributed by atoms with Gasteiger partial charge in [-0.2, -0.15) is 0 Å². The highest BCUT2D eigenvalue weighted by Crippen LogP contribution is 2.10. The normalized spacial score (nSPS) is 12.2. The Morgan fingerprint density at radius 2 is 2.00 bits per heavy atom. The summed E-state index contributed by atoms with van der Waals surface area (Å²) in [5.74, 6) is 2.65. The van der Waals surface area contributed by atoms with Crippen LogP contribution in [0.1, 0.15) is 26.6 Å². The summed E-state index contributed by atoms with van der Waals surface area (Å²) in [6, 6.07) is 9.81. The van der Waals surface area contributed by atoms with Crippen LogP contribution >= 0.6 is 24.0 Å². The number of benzene rings is 1. The lowest BCUT2D eigenvalue weighted by Crippen LogP contribution is -2.39. The number of nitrogens with one attached hydrogen (secondary N) is 2. The van der Waals surface area contributed by atoms with Crippen LogP contribution in [0.4, 0.5) is 0 Å². The Morgan fingerprint density at radius 3 is 2.69 bits per heavy atom. The number of halogens is 1. The molecule has 144 valence electrons. The summed E-state index contributed by atoms with van der Waals surface area (Å²) >= 11 is 0. The quantitative estimate of drug-likeness (QED) is 0.333. The van der Waals surface area contributed by atoms with Crippen LogP contribution in [0.15, 0.2) is 41.7 Å². The van der Waals surface area contributed by atoms with Gasteiger partial charge in [0.15, 0.2) is 5.96 Å². The predicted octanol–water partition coefficient (Wildman–Crippen LogP) is 2.48. The number of para-hydroxylation sites is 1. The number of nitrogens with zero attached hydrogens (tertiary/aromatic N) is 4. The fourth-order valence-electron chi connectivity index (χ4n) is 2.36. The fraction of sp³-hybridized carbons (Fsp3) is 0.500. The van der Waals surface area contributed by atoms with E-state index in [4.69, 9.17) is 4.74 Å². The van der Waals surface area contributed by atoms with Gasteiger partial charge in [0.1, 0.15) is 24.0 Å². The summed E-state index contributed by atoms with van der Waals surface area (Å²) in [4.78, 5) is 4.60. The Kier molecular flexibility index (Phi) is 10.7. The van der Waals surface area contributed by atoms with Crippen molar-refractivity contribution >= 4 is 29.9 Å². The molecule has 8 heteroatoms. The zero-order valence-corrected chi connectivity index (χ0v) is 18.0. The second kappa shape index (κ2) is 12.5. The van der Waals surface area contributed by atoms with Gasteiger partial charge in [0, 0.05) is 26.1 Å². The molecule has 0 fully saturated rings. The van der Waals surface area contributed by atoms with Gasteiger partial charge in [-0.1, -0.05) is 25.1 Å². The molecule has 2 rings (SSSR count). The lowest BCUT2D eigenvalue weighted by atomic mass is 10.3. The van der Waals surface area contributed by atoms with Crippen LogP contribution in [0, 0.1) is 0 Å². The van der Waals surface area contributed by atoms with Crippen molar-refractivity contribution in [2.24, 2.45) is 4.99 Å². The smallest absolute Gasteiger partial charge is 0.191 e. The SMILES string of the molecule is CCNC(=NCC(C)Oc1ccccc1)NCCn1cnnc1CC.I. The fourth-order valence-corrected chi connectivity index (χ4v) is 2.36. The number of aryl methyl sites for hydroxylation is 1. The molecule has 0 aliphatic rings. The van der Waals surface area contributed by atoms with Crippen LogP contribution in [0.25, 0.3) is 0 Å². The number of rotatable bonds is 9. The standard InChI is InChI=1S/C18H28N6O.HI/c1-4-17-23-22-14-24(17)12-11-20-18(19-5-2)21-13-15(3)25-16-9-7-6-8-10-16;/h6-10,14-15H,4-5,11-13H2,1-3H3,(H2,19,20,21);1H. The highest BCUT2D eigenvalue weighted by molar-refractivity contribution is 14.0. The minimum absolute atomic E-state index is 0. The van der Waals surface area contributed by atoms with E-state index in [1.807, 2.05) is 37.3 Å². The van der Waals surface area contributed by atoms with E-state index < -0.39 is 0 Å². The van der Waals surface area contributed by atoms with E-state index in [-0.39, 0.29) is 30.1 Å².